The van der Waals surface area contributed by atoms with E-state index < -0.39 is 0 Å². The predicted octanol–water partition coefficient (Wildman–Crippen LogP) is 8.81. The summed E-state index contributed by atoms with van der Waals surface area (Å²) < 4.78 is 60.5. The molecule has 0 fully saturated rings. The van der Waals surface area contributed by atoms with Crippen molar-refractivity contribution in [1.82, 2.24) is 0 Å². The van der Waals surface area contributed by atoms with Crippen LogP contribution in [0.3, 0.4) is 0 Å². The summed E-state index contributed by atoms with van der Waals surface area (Å²) in [6.45, 7) is 0.476. The molecular formula is C46H51BrO10. The third kappa shape index (κ3) is 8.78. The molecule has 57 heavy (non-hydrogen) atoms. The average molecular weight is 844 g/mol. The Morgan fingerprint density at radius 1 is 0.298 bits per heavy atom. The van der Waals surface area contributed by atoms with Gasteiger partial charge in [-0.15, -0.1) is 0 Å². The van der Waals surface area contributed by atoms with Gasteiger partial charge in [-0.1, -0.05) is 15.9 Å². The van der Waals surface area contributed by atoms with Crippen LogP contribution in [0.4, 0.5) is 0 Å². The van der Waals surface area contributed by atoms with Crippen molar-refractivity contribution in [1.29, 1.82) is 0 Å². The van der Waals surface area contributed by atoms with E-state index in [9.17, 15) is 0 Å². The summed E-state index contributed by atoms with van der Waals surface area (Å²) >= 11 is 3.54. The molecule has 11 heteroatoms. The SMILES string of the molecule is COc1cc2c(OC)cc1Cc1cc(OC)c(cc1OC)Cc1cc(OC)c(cc1OC)Cc1cc(OC)c(cc1OCCBr)Cc1cc(OC)c(cc1OC)C2. The largest absolute Gasteiger partial charge is 0.496 e. The van der Waals surface area contributed by atoms with Gasteiger partial charge >= 0.3 is 0 Å². The lowest BCUT2D eigenvalue weighted by Crippen LogP contribution is -2.06. The highest BCUT2D eigenvalue weighted by Crippen LogP contribution is 2.42. The summed E-state index contributed by atoms with van der Waals surface area (Å²) in [5, 5.41) is 0.667. The van der Waals surface area contributed by atoms with Gasteiger partial charge in [0.15, 0.2) is 0 Å². The molecule has 0 spiro atoms. The lowest BCUT2D eigenvalue weighted by molar-refractivity contribution is 0.339. The zero-order valence-corrected chi connectivity index (χ0v) is 35.8. The summed E-state index contributed by atoms with van der Waals surface area (Å²) in [6, 6.07) is 20.3. The first kappa shape index (κ1) is 41.2. The number of halogens is 1. The minimum Gasteiger partial charge on any atom is -0.496 e. The molecule has 10 nitrogen and oxygen atoms in total. The van der Waals surface area contributed by atoms with Gasteiger partial charge in [-0.3, -0.25) is 0 Å². The Kier molecular flexibility index (Phi) is 13.5. The molecule has 10 aliphatic rings. The van der Waals surface area contributed by atoms with Crippen LogP contribution in [0.25, 0.3) is 0 Å². The van der Waals surface area contributed by atoms with Gasteiger partial charge in [-0.25, -0.2) is 0 Å². The highest BCUT2D eigenvalue weighted by molar-refractivity contribution is 9.09. The molecule has 0 saturated heterocycles. The number of benzene rings is 5. The van der Waals surface area contributed by atoms with Crippen molar-refractivity contribution in [3.05, 3.63) is 116 Å². The van der Waals surface area contributed by atoms with E-state index in [-0.39, 0.29) is 0 Å². The van der Waals surface area contributed by atoms with Crippen molar-refractivity contribution in [2.75, 3.05) is 75.9 Å². The first-order valence-corrected chi connectivity index (χ1v) is 19.7. The second-order valence-electron chi connectivity index (χ2n) is 13.6. The van der Waals surface area contributed by atoms with Crippen molar-refractivity contribution in [3.63, 3.8) is 0 Å². The van der Waals surface area contributed by atoms with Crippen molar-refractivity contribution < 1.29 is 47.4 Å². The number of hydrogen-bond acceptors (Lipinski definition) is 10. The maximum Gasteiger partial charge on any atom is 0.123 e. The second-order valence-corrected chi connectivity index (χ2v) is 14.4. The van der Waals surface area contributed by atoms with Crippen molar-refractivity contribution in [2.45, 2.75) is 32.1 Å². The highest BCUT2D eigenvalue weighted by Gasteiger charge is 2.23. The van der Waals surface area contributed by atoms with Crippen molar-refractivity contribution >= 4 is 15.9 Å². The minimum atomic E-state index is 0.476. The number of hydrogen-bond donors (Lipinski definition) is 0. The molecule has 0 aliphatic heterocycles. The van der Waals surface area contributed by atoms with E-state index in [4.69, 9.17) is 47.4 Å². The number of methoxy groups -OCH3 is 9. The summed E-state index contributed by atoms with van der Waals surface area (Å²) in [5.41, 5.74) is 9.30. The van der Waals surface area contributed by atoms with Gasteiger partial charge in [-0.05, 0) is 60.7 Å². The van der Waals surface area contributed by atoms with Gasteiger partial charge in [0, 0.05) is 93.1 Å². The molecule has 15 rings (SSSR count). The van der Waals surface area contributed by atoms with E-state index in [0.29, 0.717) is 78.5 Å². The number of ether oxygens (including phenoxy) is 10. The van der Waals surface area contributed by atoms with Crippen LogP contribution in [0.15, 0.2) is 60.7 Å². The van der Waals surface area contributed by atoms with Gasteiger partial charge in [0.05, 0.1) is 70.6 Å². The Morgan fingerprint density at radius 2 is 0.456 bits per heavy atom. The molecule has 0 saturated carbocycles. The topological polar surface area (TPSA) is 92.3 Å². The first-order chi connectivity index (χ1) is 27.7. The van der Waals surface area contributed by atoms with Gasteiger partial charge in [-0.2, -0.15) is 0 Å². The summed E-state index contributed by atoms with van der Waals surface area (Å²) in [5.74, 6) is 7.19. The Labute approximate surface area is 343 Å². The van der Waals surface area contributed by atoms with Gasteiger partial charge in [0.25, 0.3) is 0 Å². The molecule has 0 atom stereocenters. The molecule has 0 N–H and O–H groups in total. The van der Waals surface area contributed by atoms with Crippen LogP contribution >= 0.6 is 15.9 Å². The lowest BCUT2D eigenvalue weighted by atomic mass is 9.94. The molecule has 5 aromatic carbocycles. The lowest BCUT2D eigenvalue weighted by Gasteiger charge is -2.20. The average Bonchev–Trinajstić information content (AvgIpc) is 3.24. The second kappa shape index (κ2) is 18.7. The molecule has 0 radical (unpaired) electrons. The third-order valence-electron chi connectivity index (χ3n) is 10.4. The van der Waals surface area contributed by atoms with Crippen molar-refractivity contribution in [3.8, 4) is 57.5 Å². The summed E-state index contributed by atoms with van der Waals surface area (Å²) in [7, 11) is 15.1. The van der Waals surface area contributed by atoms with Crippen LogP contribution in [0.2, 0.25) is 0 Å². The smallest absolute Gasteiger partial charge is 0.123 e. The molecular weight excluding hydrogens is 792 g/mol. The summed E-state index contributed by atoms with van der Waals surface area (Å²) in [6.07, 6.45) is 2.50. The van der Waals surface area contributed by atoms with E-state index in [1.165, 1.54) is 0 Å². The molecule has 0 heterocycles. The van der Waals surface area contributed by atoms with E-state index in [2.05, 4.69) is 22.0 Å². The van der Waals surface area contributed by atoms with E-state index in [1.54, 1.807) is 64.0 Å². The highest BCUT2D eigenvalue weighted by atomic mass is 79.9. The van der Waals surface area contributed by atoms with Gasteiger partial charge < -0.3 is 47.4 Å². The van der Waals surface area contributed by atoms with E-state index >= 15 is 0 Å². The monoisotopic (exact) mass is 842 g/mol. The molecule has 10 bridgehead atoms. The molecule has 10 aliphatic carbocycles. The fourth-order valence-corrected chi connectivity index (χ4v) is 7.78. The predicted molar refractivity (Wildman–Crippen MR) is 224 cm³/mol. The van der Waals surface area contributed by atoms with Crippen LogP contribution < -0.4 is 47.4 Å². The molecule has 302 valence electrons. The van der Waals surface area contributed by atoms with Crippen molar-refractivity contribution in [2.24, 2.45) is 0 Å². The molecule has 0 aromatic heterocycles. The maximum absolute atomic E-state index is 6.38. The quantitative estimate of drug-likeness (QED) is 0.111. The van der Waals surface area contributed by atoms with Gasteiger partial charge in [0.1, 0.15) is 57.5 Å². The zero-order valence-electron chi connectivity index (χ0n) is 34.2. The minimum absolute atomic E-state index is 0.476. The van der Waals surface area contributed by atoms with Crippen LogP contribution in [-0.2, 0) is 32.1 Å². The fraction of sp³-hybridized carbons (Fsp3) is 0.348. The van der Waals surface area contributed by atoms with Crippen LogP contribution in [0.5, 0.6) is 57.5 Å². The van der Waals surface area contributed by atoms with Crippen LogP contribution in [-0.4, -0.2) is 75.9 Å². The summed E-state index contributed by atoms with van der Waals surface area (Å²) in [4.78, 5) is 0. The molecule has 0 unspecified atom stereocenters. The fourth-order valence-electron chi connectivity index (χ4n) is 7.62. The Bertz CT molecular complexity index is 2210. The third-order valence-corrected chi connectivity index (χ3v) is 10.8. The number of alkyl halides is 1. The van der Waals surface area contributed by atoms with Crippen LogP contribution in [0.1, 0.15) is 55.6 Å². The standard InChI is InChI=1S/C46H51BrO10/c1-48-37-19-29-13-31-21-42(53-6)33(23-41(31)52-5)15-35-26-46(57-11-10-47)36(25-45(35)56-9)16-34-24-43(54-7)32(22-44(34)55-8)14-30-20-39(50-3)28(18-40(30)51-4)12-27(37)17-38(29)49-2/h17-26H,10-16H2,1-9H3. The Morgan fingerprint density at radius 3 is 0.614 bits per heavy atom. The van der Waals surface area contributed by atoms with E-state index in [1.807, 2.05) is 54.6 Å². The first-order valence-electron chi connectivity index (χ1n) is 18.6. The zero-order chi connectivity index (χ0) is 40.6. The normalized spacial score (nSPS) is 12.2. The Hall–Kier alpha value is -5.42. The Balaban J connectivity index is 1.61. The maximum atomic E-state index is 6.38. The van der Waals surface area contributed by atoms with Gasteiger partial charge in [0.2, 0.25) is 0 Å². The number of rotatable bonds is 12. The van der Waals surface area contributed by atoms with Crippen LogP contribution in [0, 0.1) is 0 Å². The van der Waals surface area contributed by atoms with E-state index in [0.717, 1.165) is 78.6 Å². The molecule has 0 amide bonds. The molecule has 5 aromatic rings.